The van der Waals surface area contributed by atoms with Crippen LogP contribution in [0.3, 0.4) is 0 Å². The minimum Gasteiger partial charge on any atom is -0.478 e. The Kier molecular flexibility index (Phi) is 2.70. The quantitative estimate of drug-likeness (QED) is 0.755. The number of carbonyl (C=O) groups is 1. The second-order valence-corrected chi connectivity index (χ2v) is 3.76. The van der Waals surface area contributed by atoms with Crippen LogP contribution < -0.4 is 5.32 Å². The maximum absolute atomic E-state index is 10.7. The monoisotopic (exact) mass is 206 g/mol. The fraction of sp³-hybridized carbons (Fsp3) is 0.364. The van der Waals surface area contributed by atoms with Crippen LogP contribution >= 0.6 is 0 Å². The first-order chi connectivity index (χ1) is 7.18. The Bertz CT molecular complexity index is 361. The highest BCUT2D eigenvalue weighted by atomic mass is 16.4. The van der Waals surface area contributed by atoms with E-state index in [1.807, 2.05) is 12.1 Å². The molecule has 15 heavy (non-hydrogen) atoms. The fourth-order valence-corrected chi connectivity index (χ4v) is 1.84. The van der Waals surface area contributed by atoms with Crippen molar-refractivity contribution in [3.63, 3.8) is 0 Å². The van der Waals surface area contributed by atoms with Gasteiger partial charge in [0.25, 0.3) is 0 Å². The summed E-state index contributed by atoms with van der Waals surface area (Å²) >= 11 is 0. The minimum absolute atomic E-state index is 0.216. The van der Waals surface area contributed by atoms with E-state index in [4.69, 9.17) is 5.11 Å². The second kappa shape index (κ2) is 4.00. The predicted molar refractivity (Wildman–Crippen MR) is 56.8 cm³/mol. The van der Waals surface area contributed by atoms with Crippen LogP contribution in [0.2, 0.25) is 0 Å². The molecule has 80 valence electrons. The van der Waals surface area contributed by atoms with E-state index in [1.165, 1.54) is 0 Å². The van der Waals surface area contributed by atoms with Crippen molar-refractivity contribution >= 4 is 5.97 Å². The van der Waals surface area contributed by atoms with Gasteiger partial charge in [-0.1, -0.05) is 12.1 Å². The van der Waals surface area contributed by atoms with E-state index in [0.717, 1.165) is 18.7 Å². The Balaban J connectivity index is 2.19. The van der Waals surface area contributed by atoms with Crippen molar-refractivity contribution in [2.24, 2.45) is 0 Å². The molecule has 1 aromatic carbocycles. The summed E-state index contributed by atoms with van der Waals surface area (Å²) in [6, 6.07) is 7.02. The zero-order valence-corrected chi connectivity index (χ0v) is 8.60. The van der Waals surface area contributed by atoms with Gasteiger partial charge in [0.1, 0.15) is 0 Å². The summed E-state index contributed by atoms with van der Waals surface area (Å²) in [5, 5.41) is 12.1. The third-order valence-corrected chi connectivity index (χ3v) is 2.72. The van der Waals surface area contributed by atoms with Gasteiger partial charge in [0.2, 0.25) is 0 Å². The van der Waals surface area contributed by atoms with E-state index in [2.05, 4.69) is 17.3 Å². The number of benzene rings is 1. The second-order valence-electron chi connectivity index (χ2n) is 3.76. The first-order valence-corrected chi connectivity index (χ1v) is 4.95. The van der Waals surface area contributed by atoms with E-state index < -0.39 is 5.97 Å². The standard InChI is InChI=1S/C11H14N2O2/c1-13-7-6-12-10(13)8-2-4-9(5-3-8)11(14)15/h2-5,10,12H,6-7H2,1H3,(H,14,15). The van der Waals surface area contributed by atoms with Crippen LogP contribution in [-0.2, 0) is 0 Å². The van der Waals surface area contributed by atoms with Gasteiger partial charge >= 0.3 is 5.97 Å². The molecule has 1 aromatic rings. The van der Waals surface area contributed by atoms with Crippen LogP contribution in [0, 0.1) is 0 Å². The molecule has 1 heterocycles. The molecule has 0 amide bonds. The molecule has 0 bridgehead atoms. The molecule has 2 rings (SSSR count). The molecule has 1 saturated heterocycles. The van der Waals surface area contributed by atoms with Crippen molar-refractivity contribution in [3.05, 3.63) is 35.4 Å². The average Bonchev–Trinajstić information content (AvgIpc) is 2.65. The number of likely N-dealkylation sites (N-methyl/N-ethyl adjacent to an activating group) is 1. The molecule has 4 nitrogen and oxygen atoms in total. The molecule has 0 aromatic heterocycles. The van der Waals surface area contributed by atoms with Crippen LogP contribution in [0.1, 0.15) is 22.1 Å². The highest BCUT2D eigenvalue weighted by molar-refractivity contribution is 5.87. The third-order valence-electron chi connectivity index (χ3n) is 2.72. The predicted octanol–water partition coefficient (Wildman–Crippen LogP) is 0.918. The lowest BCUT2D eigenvalue weighted by Gasteiger charge is -2.19. The molecule has 0 saturated carbocycles. The van der Waals surface area contributed by atoms with Crippen LogP contribution in [0.4, 0.5) is 0 Å². The van der Waals surface area contributed by atoms with E-state index >= 15 is 0 Å². The Morgan fingerprint density at radius 2 is 2.13 bits per heavy atom. The van der Waals surface area contributed by atoms with Crippen molar-refractivity contribution in [2.45, 2.75) is 6.17 Å². The van der Waals surface area contributed by atoms with E-state index in [1.54, 1.807) is 12.1 Å². The maximum Gasteiger partial charge on any atom is 0.335 e. The van der Waals surface area contributed by atoms with Gasteiger partial charge in [-0.2, -0.15) is 0 Å². The summed E-state index contributed by atoms with van der Waals surface area (Å²) in [7, 11) is 2.05. The molecule has 1 fully saturated rings. The molecule has 0 spiro atoms. The summed E-state index contributed by atoms with van der Waals surface area (Å²) in [5.74, 6) is -0.880. The number of rotatable bonds is 2. The maximum atomic E-state index is 10.7. The van der Waals surface area contributed by atoms with E-state index in [-0.39, 0.29) is 6.17 Å². The molecule has 1 unspecified atom stereocenters. The number of carboxylic acids is 1. The summed E-state index contributed by atoms with van der Waals surface area (Å²) in [4.78, 5) is 12.9. The third kappa shape index (κ3) is 2.00. The summed E-state index contributed by atoms with van der Waals surface area (Å²) in [6.07, 6.45) is 0.216. The van der Waals surface area contributed by atoms with Crippen LogP contribution in [0.5, 0.6) is 0 Å². The van der Waals surface area contributed by atoms with Gasteiger partial charge in [0.15, 0.2) is 0 Å². The van der Waals surface area contributed by atoms with Gasteiger partial charge in [-0.3, -0.25) is 10.2 Å². The number of carboxylic acid groups (broad SMARTS) is 1. The zero-order chi connectivity index (χ0) is 10.8. The van der Waals surface area contributed by atoms with Crippen LogP contribution in [0.25, 0.3) is 0 Å². The molecule has 1 aliphatic rings. The Hall–Kier alpha value is -1.39. The van der Waals surface area contributed by atoms with Crippen LogP contribution in [0.15, 0.2) is 24.3 Å². The van der Waals surface area contributed by atoms with Crippen molar-refractivity contribution in [2.75, 3.05) is 20.1 Å². The van der Waals surface area contributed by atoms with Crippen molar-refractivity contribution < 1.29 is 9.90 Å². The first-order valence-electron chi connectivity index (χ1n) is 4.95. The minimum atomic E-state index is -0.880. The van der Waals surface area contributed by atoms with Gasteiger partial charge in [0.05, 0.1) is 11.7 Å². The number of aromatic carboxylic acids is 1. The zero-order valence-electron chi connectivity index (χ0n) is 8.60. The molecule has 0 aliphatic carbocycles. The highest BCUT2D eigenvalue weighted by Gasteiger charge is 2.21. The average molecular weight is 206 g/mol. The molecular weight excluding hydrogens is 192 g/mol. The molecule has 2 N–H and O–H groups in total. The number of nitrogens with one attached hydrogen (secondary N) is 1. The van der Waals surface area contributed by atoms with Gasteiger partial charge in [-0.05, 0) is 24.7 Å². The molecule has 1 atom stereocenters. The highest BCUT2D eigenvalue weighted by Crippen LogP contribution is 2.19. The molecular formula is C11H14N2O2. The van der Waals surface area contributed by atoms with Gasteiger partial charge < -0.3 is 5.11 Å². The van der Waals surface area contributed by atoms with Crippen molar-refractivity contribution in [3.8, 4) is 0 Å². The number of nitrogens with zero attached hydrogens (tertiary/aromatic N) is 1. The number of hydrogen-bond donors (Lipinski definition) is 2. The normalized spacial score (nSPS) is 21.8. The van der Waals surface area contributed by atoms with E-state index in [0.29, 0.717) is 5.56 Å². The van der Waals surface area contributed by atoms with Crippen LogP contribution in [-0.4, -0.2) is 36.1 Å². The largest absolute Gasteiger partial charge is 0.478 e. The SMILES string of the molecule is CN1CCNC1c1ccc(C(=O)O)cc1. The Morgan fingerprint density at radius 3 is 2.60 bits per heavy atom. The molecule has 0 radical (unpaired) electrons. The lowest BCUT2D eigenvalue weighted by molar-refractivity contribution is 0.0697. The number of hydrogen-bond acceptors (Lipinski definition) is 3. The summed E-state index contributed by atoms with van der Waals surface area (Å²) in [5.41, 5.74) is 1.44. The van der Waals surface area contributed by atoms with Gasteiger partial charge in [-0.15, -0.1) is 0 Å². The Labute approximate surface area is 88.5 Å². The van der Waals surface area contributed by atoms with Gasteiger partial charge in [0, 0.05) is 13.1 Å². The Morgan fingerprint density at radius 1 is 1.47 bits per heavy atom. The lowest BCUT2D eigenvalue weighted by atomic mass is 10.1. The lowest BCUT2D eigenvalue weighted by Crippen LogP contribution is -2.23. The summed E-state index contributed by atoms with van der Waals surface area (Å²) < 4.78 is 0. The van der Waals surface area contributed by atoms with Gasteiger partial charge in [-0.25, -0.2) is 4.79 Å². The topological polar surface area (TPSA) is 52.6 Å². The van der Waals surface area contributed by atoms with Crippen molar-refractivity contribution in [1.82, 2.24) is 10.2 Å². The summed E-state index contributed by atoms with van der Waals surface area (Å²) in [6.45, 7) is 1.99. The fourth-order valence-electron chi connectivity index (χ4n) is 1.84. The first kappa shape index (κ1) is 10.1. The molecule has 4 heteroatoms. The smallest absolute Gasteiger partial charge is 0.335 e. The molecule has 1 aliphatic heterocycles. The van der Waals surface area contributed by atoms with E-state index in [9.17, 15) is 4.79 Å². The van der Waals surface area contributed by atoms with Crippen molar-refractivity contribution in [1.29, 1.82) is 0 Å².